The smallest absolute Gasteiger partial charge is 0.416 e. The van der Waals surface area contributed by atoms with Gasteiger partial charge in [0.05, 0.1) is 18.1 Å². The van der Waals surface area contributed by atoms with Gasteiger partial charge in [-0.3, -0.25) is 4.79 Å². The van der Waals surface area contributed by atoms with Crippen molar-refractivity contribution in [3.8, 4) is 11.1 Å². The molecule has 1 aliphatic heterocycles. The van der Waals surface area contributed by atoms with Gasteiger partial charge in [0.1, 0.15) is 0 Å². The first-order valence-corrected chi connectivity index (χ1v) is 14.2. The summed E-state index contributed by atoms with van der Waals surface area (Å²) in [4.78, 5) is 15.5. The Morgan fingerprint density at radius 1 is 1.00 bits per heavy atom. The Morgan fingerprint density at radius 3 is 2.21 bits per heavy atom. The maximum Gasteiger partial charge on any atom is 0.416 e. The van der Waals surface area contributed by atoms with Gasteiger partial charge in [-0.15, -0.1) is 0 Å². The van der Waals surface area contributed by atoms with Crippen LogP contribution in [-0.4, -0.2) is 37.1 Å². The van der Waals surface area contributed by atoms with Gasteiger partial charge in [-0.1, -0.05) is 64.1 Å². The molecule has 0 spiro atoms. The number of piperidine rings is 1. The van der Waals surface area contributed by atoms with Gasteiger partial charge >= 0.3 is 12.1 Å². The Labute approximate surface area is 226 Å². The predicted molar refractivity (Wildman–Crippen MR) is 148 cm³/mol. The van der Waals surface area contributed by atoms with E-state index in [2.05, 4.69) is 18.7 Å². The van der Waals surface area contributed by atoms with Gasteiger partial charge < -0.3 is 9.64 Å². The lowest BCUT2D eigenvalue weighted by Gasteiger charge is -2.35. The van der Waals surface area contributed by atoms with Crippen LogP contribution in [0.5, 0.6) is 0 Å². The number of hydrogen-bond donors (Lipinski definition) is 0. The largest absolute Gasteiger partial charge is 0.466 e. The molecule has 0 saturated carbocycles. The van der Waals surface area contributed by atoms with E-state index in [-0.39, 0.29) is 24.0 Å². The van der Waals surface area contributed by atoms with Crippen LogP contribution in [-0.2, 0) is 15.7 Å². The minimum atomic E-state index is -4.57. The summed E-state index contributed by atoms with van der Waals surface area (Å²) < 4.78 is 50.0. The quantitative estimate of drug-likeness (QED) is 0.272. The van der Waals surface area contributed by atoms with Gasteiger partial charge in [0, 0.05) is 0 Å². The van der Waals surface area contributed by atoms with E-state index >= 15 is 0 Å². The second-order valence-electron chi connectivity index (χ2n) is 11.5. The first-order chi connectivity index (χ1) is 18.0. The third kappa shape index (κ3) is 8.08. The lowest BCUT2D eigenvalue weighted by molar-refractivity contribution is -0.146. The van der Waals surface area contributed by atoms with Gasteiger partial charge in [0.2, 0.25) is 0 Å². The average Bonchev–Trinajstić information content (AvgIpc) is 2.86. The molecule has 38 heavy (non-hydrogen) atoms. The fourth-order valence-electron chi connectivity index (χ4n) is 5.66. The zero-order chi connectivity index (χ0) is 27.9. The van der Waals surface area contributed by atoms with Crippen LogP contribution in [0.4, 0.5) is 13.2 Å². The summed E-state index contributed by atoms with van der Waals surface area (Å²) in [7, 11) is 0. The number of alkyl halides is 3. The standard InChI is InChI=1S/C32H44F3NO2/c1-6-38-31(37)29(19-23(4)5)28-21-26(24-12-8-7-9-13-24)20-27(30(28)32(33,34)35)25-14-17-36(18-15-25)16-10-11-22(2)3/h7-9,12-13,20-23,25,29H,6,10-11,14-19H2,1-5H3. The van der Waals surface area contributed by atoms with E-state index in [0.29, 0.717) is 30.7 Å². The molecular formula is C32H44F3NO2. The molecule has 1 unspecified atom stereocenters. The van der Waals surface area contributed by atoms with Crippen molar-refractivity contribution < 1.29 is 22.7 Å². The van der Waals surface area contributed by atoms with E-state index < -0.39 is 23.6 Å². The topological polar surface area (TPSA) is 29.5 Å². The molecule has 1 fully saturated rings. The van der Waals surface area contributed by atoms with Crippen LogP contribution in [0.1, 0.15) is 95.2 Å². The van der Waals surface area contributed by atoms with Crippen LogP contribution in [0.25, 0.3) is 11.1 Å². The number of halogens is 3. The van der Waals surface area contributed by atoms with Crippen LogP contribution >= 0.6 is 0 Å². The number of nitrogens with zero attached hydrogens (tertiary/aromatic N) is 1. The van der Waals surface area contributed by atoms with E-state index in [0.717, 1.165) is 43.6 Å². The Hall–Kier alpha value is -2.34. The molecule has 0 aromatic heterocycles. The molecule has 0 aliphatic carbocycles. The summed E-state index contributed by atoms with van der Waals surface area (Å²) in [5.74, 6) is -1.08. The number of rotatable bonds is 11. The third-order valence-corrected chi connectivity index (χ3v) is 7.53. The van der Waals surface area contributed by atoms with Crippen molar-refractivity contribution >= 4 is 5.97 Å². The molecule has 1 aliphatic rings. The van der Waals surface area contributed by atoms with E-state index in [4.69, 9.17) is 4.74 Å². The van der Waals surface area contributed by atoms with Gasteiger partial charge in [-0.2, -0.15) is 13.2 Å². The highest BCUT2D eigenvalue weighted by Crippen LogP contribution is 2.46. The number of hydrogen-bond acceptors (Lipinski definition) is 3. The number of carbonyl (C=O) groups excluding carboxylic acids is 1. The molecule has 1 atom stereocenters. The highest BCUT2D eigenvalue weighted by Gasteiger charge is 2.42. The first-order valence-electron chi connectivity index (χ1n) is 14.2. The zero-order valence-electron chi connectivity index (χ0n) is 23.6. The molecule has 210 valence electrons. The SMILES string of the molecule is CCOC(=O)C(CC(C)C)c1cc(-c2ccccc2)cc(C2CCN(CCCC(C)C)CC2)c1C(F)(F)F. The van der Waals surface area contributed by atoms with Crippen molar-refractivity contribution in [2.75, 3.05) is 26.2 Å². The van der Waals surface area contributed by atoms with Crippen LogP contribution in [0.15, 0.2) is 42.5 Å². The fraction of sp³-hybridized carbons (Fsp3) is 0.594. The predicted octanol–water partition coefficient (Wildman–Crippen LogP) is 8.68. The average molecular weight is 532 g/mol. The van der Waals surface area contributed by atoms with E-state index in [1.54, 1.807) is 19.1 Å². The first kappa shape index (κ1) is 30.2. The Balaban J connectivity index is 2.09. The number of esters is 1. The van der Waals surface area contributed by atoms with E-state index in [1.165, 1.54) is 0 Å². The van der Waals surface area contributed by atoms with Crippen molar-refractivity contribution in [1.29, 1.82) is 0 Å². The van der Waals surface area contributed by atoms with Gasteiger partial charge in [-0.25, -0.2) is 0 Å². The Morgan fingerprint density at radius 2 is 1.66 bits per heavy atom. The molecule has 6 heteroatoms. The maximum absolute atomic E-state index is 14.9. The van der Waals surface area contributed by atoms with E-state index in [1.807, 2.05) is 44.2 Å². The van der Waals surface area contributed by atoms with Crippen LogP contribution < -0.4 is 0 Å². The summed E-state index contributed by atoms with van der Waals surface area (Å²) in [6, 6.07) is 12.8. The fourth-order valence-corrected chi connectivity index (χ4v) is 5.66. The molecule has 1 heterocycles. The zero-order valence-corrected chi connectivity index (χ0v) is 23.6. The molecule has 0 N–H and O–H groups in total. The molecule has 3 nitrogen and oxygen atoms in total. The molecule has 2 aromatic carbocycles. The lowest BCUT2D eigenvalue weighted by atomic mass is 9.78. The van der Waals surface area contributed by atoms with Gasteiger partial charge in [0.25, 0.3) is 0 Å². The number of benzene rings is 2. The summed E-state index contributed by atoms with van der Waals surface area (Å²) in [6.45, 7) is 12.7. The van der Waals surface area contributed by atoms with Crippen molar-refractivity contribution in [3.05, 3.63) is 59.2 Å². The van der Waals surface area contributed by atoms with Crippen LogP contribution in [0, 0.1) is 11.8 Å². The number of carbonyl (C=O) groups is 1. The summed E-state index contributed by atoms with van der Waals surface area (Å²) >= 11 is 0. The number of likely N-dealkylation sites (tertiary alicyclic amines) is 1. The highest BCUT2D eigenvalue weighted by molar-refractivity contribution is 5.80. The van der Waals surface area contributed by atoms with Gasteiger partial charge in [-0.05, 0) is 105 Å². The third-order valence-electron chi connectivity index (χ3n) is 7.53. The maximum atomic E-state index is 14.9. The summed E-state index contributed by atoms with van der Waals surface area (Å²) in [5, 5.41) is 0. The van der Waals surface area contributed by atoms with Crippen molar-refractivity contribution in [1.82, 2.24) is 4.90 Å². The molecule has 0 radical (unpaired) electrons. The molecule has 1 saturated heterocycles. The van der Waals surface area contributed by atoms with Crippen molar-refractivity contribution in [2.24, 2.45) is 11.8 Å². The molecule has 0 bridgehead atoms. The van der Waals surface area contributed by atoms with Crippen molar-refractivity contribution in [3.63, 3.8) is 0 Å². The van der Waals surface area contributed by atoms with Crippen LogP contribution in [0.2, 0.25) is 0 Å². The summed E-state index contributed by atoms with van der Waals surface area (Å²) in [6.07, 6.45) is -0.650. The van der Waals surface area contributed by atoms with E-state index in [9.17, 15) is 18.0 Å². The Kier molecular flexibility index (Phi) is 10.8. The van der Waals surface area contributed by atoms with Gasteiger partial charge in [0.15, 0.2) is 0 Å². The minimum Gasteiger partial charge on any atom is -0.466 e. The second kappa shape index (κ2) is 13.6. The second-order valence-corrected chi connectivity index (χ2v) is 11.5. The molecule has 2 aromatic rings. The van der Waals surface area contributed by atoms with Crippen LogP contribution in [0.3, 0.4) is 0 Å². The highest BCUT2D eigenvalue weighted by atomic mass is 19.4. The Bertz CT molecular complexity index is 1020. The number of ether oxygens (including phenoxy) is 1. The monoisotopic (exact) mass is 531 g/mol. The normalized spacial score (nSPS) is 16.3. The van der Waals surface area contributed by atoms with Crippen molar-refractivity contribution in [2.45, 2.75) is 84.7 Å². The minimum absolute atomic E-state index is 0.0309. The summed E-state index contributed by atoms with van der Waals surface area (Å²) in [5.41, 5.74) is 1.33. The lowest BCUT2D eigenvalue weighted by Crippen LogP contribution is -2.34. The molecular weight excluding hydrogens is 487 g/mol. The molecule has 0 amide bonds. The molecule has 3 rings (SSSR count).